The Morgan fingerprint density at radius 3 is 2.74 bits per heavy atom. The zero-order valence-corrected chi connectivity index (χ0v) is 10.2. The van der Waals surface area contributed by atoms with Gasteiger partial charge in [-0.1, -0.05) is 0 Å². The number of nitrogens with zero attached hydrogens (tertiary/aromatic N) is 2. The Morgan fingerprint density at radius 2 is 2.16 bits per heavy atom. The second-order valence-corrected chi connectivity index (χ2v) is 5.18. The van der Waals surface area contributed by atoms with Gasteiger partial charge in [0.15, 0.2) is 4.90 Å². The number of sulfonamides is 1. The average molecular weight is 283 g/mol. The minimum absolute atomic E-state index is 0.0360. The third-order valence-electron chi connectivity index (χ3n) is 2.20. The van der Waals surface area contributed by atoms with E-state index < -0.39 is 25.5 Å². The van der Waals surface area contributed by atoms with Crippen LogP contribution >= 0.6 is 0 Å². The van der Waals surface area contributed by atoms with Crippen LogP contribution in [0.4, 0.5) is 17.3 Å². The van der Waals surface area contributed by atoms with Crippen LogP contribution in [0.2, 0.25) is 0 Å². The maximum Gasteiger partial charge on any atom is 0.291 e. The van der Waals surface area contributed by atoms with Crippen LogP contribution in [0.15, 0.2) is 35.5 Å². The minimum Gasteiger partial charge on any atom is -0.399 e. The Hall–Kier alpha value is -2.62. The molecule has 1 aromatic carbocycles. The summed E-state index contributed by atoms with van der Waals surface area (Å²) in [6.07, 6.45) is 2.75. The first-order valence-electron chi connectivity index (χ1n) is 4.96. The van der Waals surface area contributed by atoms with Crippen molar-refractivity contribution in [3.63, 3.8) is 0 Å². The number of aromatic nitrogens is 2. The van der Waals surface area contributed by atoms with Crippen LogP contribution in [-0.2, 0) is 10.0 Å². The number of rotatable bonds is 4. The Morgan fingerprint density at radius 1 is 1.42 bits per heavy atom. The average Bonchev–Trinajstić information content (AvgIpc) is 2.80. The van der Waals surface area contributed by atoms with E-state index in [-0.39, 0.29) is 11.6 Å². The van der Waals surface area contributed by atoms with Gasteiger partial charge in [0.25, 0.3) is 15.7 Å². The summed E-state index contributed by atoms with van der Waals surface area (Å²) in [6.45, 7) is 0. The number of benzene rings is 1. The first kappa shape index (κ1) is 12.8. The van der Waals surface area contributed by atoms with Gasteiger partial charge in [-0.3, -0.25) is 10.1 Å². The fourth-order valence-corrected chi connectivity index (χ4v) is 2.54. The molecule has 0 radical (unpaired) electrons. The fourth-order valence-electron chi connectivity index (χ4n) is 1.41. The van der Waals surface area contributed by atoms with E-state index in [0.717, 1.165) is 12.1 Å². The van der Waals surface area contributed by atoms with Crippen LogP contribution in [0.25, 0.3) is 0 Å². The lowest BCUT2D eigenvalue weighted by Gasteiger charge is -2.06. The molecule has 0 saturated heterocycles. The van der Waals surface area contributed by atoms with Crippen LogP contribution in [0.1, 0.15) is 0 Å². The number of nitrogen functional groups attached to an aromatic ring is 1. The molecule has 0 atom stereocenters. The van der Waals surface area contributed by atoms with Crippen molar-refractivity contribution < 1.29 is 13.3 Å². The monoisotopic (exact) mass is 283 g/mol. The molecule has 1 aromatic heterocycles. The molecule has 19 heavy (non-hydrogen) atoms. The molecule has 0 aliphatic carbocycles. The number of H-pyrrole nitrogens is 1. The molecule has 0 aliphatic heterocycles. The molecular weight excluding hydrogens is 274 g/mol. The first-order valence-corrected chi connectivity index (χ1v) is 6.44. The van der Waals surface area contributed by atoms with E-state index >= 15 is 0 Å². The summed E-state index contributed by atoms with van der Waals surface area (Å²) in [6, 6.07) is 3.32. The summed E-state index contributed by atoms with van der Waals surface area (Å²) in [7, 11) is -4.12. The molecular formula is C9H9N5O4S. The zero-order chi connectivity index (χ0) is 14.0. The summed E-state index contributed by atoms with van der Waals surface area (Å²) in [4.78, 5) is 15.8. The SMILES string of the molecule is Nc1ccc(S(=O)(=O)Nc2ncc[nH]2)c([N+](=O)[O-])c1. The zero-order valence-electron chi connectivity index (χ0n) is 9.40. The quantitative estimate of drug-likeness (QED) is 0.428. The molecule has 100 valence electrons. The van der Waals surface area contributed by atoms with Gasteiger partial charge in [0.05, 0.1) is 4.92 Å². The molecule has 1 heterocycles. The standard InChI is InChI=1S/C9H9N5O4S/c10-6-1-2-8(7(5-6)14(15)16)19(17,18)13-9-11-3-4-12-9/h1-5H,10H2,(H2,11,12,13). The van der Waals surface area contributed by atoms with Gasteiger partial charge in [0, 0.05) is 24.1 Å². The lowest BCUT2D eigenvalue weighted by molar-refractivity contribution is -0.387. The van der Waals surface area contributed by atoms with Crippen molar-refractivity contribution in [1.29, 1.82) is 0 Å². The van der Waals surface area contributed by atoms with E-state index in [1.165, 1.54) is 18.5 Å². The molecule has 0 aliphatic rings. The van der Waals surface area contributed by atoms with Crippen molar-refractivity contribution in [3.05, 3.63) is 40.7 Å². The van der Waals surface area contributed by atoms with Gasteiger partial charge in [-0.15, -0.1) is 0 Å². The Bertz CT molecular complexity index is 710. The van der Waals surface area contributed by atoms with Crippen LogP contribution in [-0.4, -0.2) is 23.3 Å². The fraction of sp³-hybridized carbons (Fsp3) is 0. The van der Waals surface area contributed by atoms with Gasteiger partial charge >= 0.3 is 0 Å². The second kappa shape index (κ2) is 4.57. The second-order valence-electron chi connectivity index (χ2n) is 3.53. The van der Waals surface area contributed by atoms with Crippen molar-refractivity contribution in [2.24, 2.45) is 0 Å². The van der Waals surface area contributed by atoms with Gasteiger partial charge < -0.3 is 10.7 Å². The Labute approximate surface area is 107 Å². The third-order valence-corrected chi connectivity index (χ3v) is 3.58. The smallest absolute Gasteiger partial charge is 0.291 e. The number of imidazole rings is 1. The lowest BCUT2D eigenvalue weighted by Crippen LogP contribution is -2.15. The van der Waals surface area contributed by atoms with Crippen molar-refractivity contribution >= 4 is 27.3 Å². The highest BCUT2D eigenvalue weighted by Crippen LogP contribution is 2.27. The molecule has 0 saturated carbocycles. The number of hydrogen-bond donors (Lipinski definition) is 3. The normalized spacial score (nSPS) is 11.2. The molecule has 2 aromatic rings. The Balaban J connectivity index is 2.49. The predicted molar refractivity (Wildman–Crippen MR) is 66.9 cm³/mol. The van der Waals surface area contributed by atoms with Crippen LogP contribution in [0, 0.1) is 10.1 Å². The molecule has 0 spiro atoms. The molecule has 0 unspecified atom stereocenters. The topological polar surface area (TPSA) is 144 Å². The van der Waals surface area contributed by atoms with Crippen molar-refractivity contribution in [2.75, 3.05) is 10.5 Å². The summed E-state index contributed by atoms with van der Waals surface area (Å²) in [5.41, 5.74) is 4.91. The minimum atomic E-state index is -4.12. The molecule has 4 N–H and O–H groups in total. The van der Waals surface area contributed by atoms with Crippen molar-refractivity contribution in [3.8, 4) is 0 Å². The van der Waals surface area contributed by atoms with Crippen LogP contribution < -0.4 is 10.5 Å². The van der Waals surface area contributed by atoms with E-state index in [0.29, 0.717) is 0 Å². The Kier molecular flexibility index (Phi) is 3.09. The summed E-state index contributed by atoms with van der Waals surface area (Å²) >= 11 is 0. The molecule has 0 bridgehead atoms. The lowest BCUT2D eigenvalue weighted by atomic mass is 10.3. The highest BCUT2D eigenvalue weighted by atomic mass is 32.2. The van der Waals surface area contributed by atoms with Gasteiger partial charge in [-0.25, -0.2) is 18.1 Å². The first-order chi connectivity index (χ1) is 8.90. The molecule has 10 heteroatoms. The van der Waals surface area contributed by atoms with Gasteiger partial charge in [-0.2, -0.15) is 0 Å². The van der Waals surface area contributed by atoms with Gasteiger partial charge in [0.1, 0.15) is 0 Å². The number of nitro benzene ring substituents is 1. The predicted octanol–water partition coefficient (Wildman–Crippen LogP) is 0.701. The van der Waals surface area contributed by atoms with Gasteiger partial charge in [0.2, 0.25) is 5.95 Å². The van der Waals surface area contributed by atoms with E-state index in [1.54, 1.807) is 0 Å². The van der Waals surface area contributed by atoms with Crippen LogP contribution in [0.5, 0.6) is 0 Å². The van der Waals surface area contributed by atoms with E-state index in [4.69, 9.17) is 5.73 Å². The number of aromatic amines is 1. The van der Waals surface area contributed by atoms with E-state index in [2.05, 4.69) is 14.7 Å². The maximum atomic E-state index is 12.0. The molecule has 0 fully saturated rings. The largest absolute Gasteiger partial charge is 0.399 e. The highest BCUT2D eigenvalue weighted by Gasteiger charge is 2.26. The van der Waals surface area contributed by atoms with Crippen molar-refractivity contribution in [1.82, 2.24) is 9.97 Å². The number of anilines is 2. The molecule has 2 rings (SSSR count). The number of nitrogens with one attached hydrogen (secondary N) is 2. The van der Waals surface area contributed by atoms with E-state index in [1.807, 2.05) is 0 Å². The number of nitro groups is 1. The van der Waals surface area contributed by atoms with Crippen molar-refractivity contribution in [2.45, 2.75) is 4.90 Å². The highest BCUT2D eigenvalue weighted by molar-refractivity contribution is 7.92. The molecule has 0 amide bonds. The molecule has 9 nitrogen and oxygen atoms in total. The van der Waals surface area contributed by atoms with E-state index in [9.17, 15) is 18.5 Å². The maximum absolute atomic E-state index is 12.0. The van der Waals surface area contributed by atoms with Crippen LogP contribution in [0.3, 0.4) is 0 Å². The summed E-state index contributed by atoms with van der Waals surface area (Å²) in [5, 5.41) is 10.9. The summed E-state index contributed by atoms with van der Waals surface area (Å²) < 4.78 is 26.1. The third kappa shape index (κ3) is 2.63. The number of nitrogens with two attached hydrogens (primary N) is 1. The summed E-state index contributed by atoms with van der Waals surface area (Å²) in [5.74, 6) is -0.0360. The number of hydrogen-bond acceptors (Lipinski definition) is 6. The van der Waals surface area contributed by atoms with Gasteiger partial charge in [-0.05, 0) is 12.1 Å².